The smallest absolute Gasteiger partial charge is 0.191 e. The van der Waals surface area contributed by atoms with Gasteiger partial charge in [0.25, 0.3) is 0 Å². The molecule has 0 fully saturated rings. The van der Waals surface area contributed by atoms with Crippen LogP contribution in [0.5, 0.6) is 5.75 Å². The first-order valence-electron chi connectivity index (χ1n) is 10.7. The Hall–Kier alpha value is -3.39. The Morgan fingerprint density at radius 2 is 1.81 bits per heavy atom. The molecule has 0 spiro atoms. The topological polar surface area (TPSA) is 96.6 Å². The van der Waals surface area contributed by atoms with Gasteiger partial charge in [-0.1, -0.05) is 42.5 Å². The van der Waals surface area contributed by atoms with E-state index < -0.39 is 5.60 Å². The van der Waals surface area contributed by atoms with E-state index in [1.165, 1.54) is 5.56 Å². The van der Waals surface area contributed by atoms with Gasteiger partial charge in [-0.15, -0.1) is 10.2 Å². The Labute approximate surface area is 189 Å². The van der Waals surface area contributed by atoms with E-state index in [1.807, 2.05) is 73.1 Å². The number of aryl methyl sites for hydroxylation is 1. The second-order valence-corrected chi connectivity index (χ2v) is 7.91. The lowest BCUT2D eigenvalue weighted by molar-refractivity contribution is 0.0617. The molecular formula is C24H32N6O2. The molecule has 170 valence electrons. The highest BCUT2D eigenvalue weighted by atomic mass is 16.5. The van der Waals surface area contributed by atoms with Gasteiger partial charge in [-0.3, -0.25) is 0 Å². The molecule has 0 amide bonds. The number of nitrogens with one attached hydrogen (secondary N) is 2. The van der Waals surface area contributed by atoms with Gasteiger partial charge < -0.3 is 25.0 Å². The number of aliphatic hydroxyl groups is 1. The number of benzene rings is 2. The van der Waals surface area contributed by atoms with Gasteiger partial charge in [0.15, 0.2) is 11.8 Å². The number of aromatic nitrogens is 3. The average molecular weight is 437 g/mol. The van der Waals surface area contributed by atoms with Crippen molar-refractivity contribution in [3.63, 3.8) is 0 Å². The summed E-state index contributed by atoms with van der Waals surface area (Å²) < 4.78 is 7.13. The van der Waals surface area contributed by atoms with E-state index in [0.717, 1.165) is 29.4 Å². The molecule has 0 bridgehead atoms. The predicted octanol–water partition coefficient (Wildman–Crippen LogP) is 2.32. The fourth-order valence-corrected chi connectivity index (χ4v) is 3.19. The maximum absolute atomic E-state index is 10.9. The normalized spacial score (nSPS) is 13.5. The highest BCUT2D eigenvalue weighted by Gasteiger charge is 2.23. The molecule has 1 atom stereocenters. The molecule has 3 N–H and O–H groups in total. The van der Waals surface area contributed by atoms with Crippen molar-refractivity contribution in [2.45, 2.75) is 32.4 Å². The zero-order valence-corrected chi connectivity index (χ0v) is 19.2. The molecule has 0 saturated carbocycles. The summed E-state index contributed by atoms with van der Waals surface area (Å²) in [6.45, 7) is 5.06. The van der Waals surface area contributed by atoms with Crippen LogP contribution in [0.4, 0.5) is 0 Å². The van der Waals surface area contributed by atoms with Gasteiger partial charge in [-0.25, -0.2) is 4.99 Å². The molecule has 1 unspecified atom stereocenters. The lowest BCUT2D eigenvalue weighted by Crippen LogP contribution is -2.45. The van der Waals surface area contributed by atoms with Crippen LogP contribution in [0.25, 0.3) is 0 Å². The van der Waals surface area contributed by atoms with Crippen molar-refractivity contribution in [2.24, 2.45) is 12.0 Å². The van der Waals surface area contributed by atoms with Gasteiger partial charge in [-0.2, -0.15) is 0 Å². The van der Waals surface area contributed by atoms with Gasteiger partial charge in [0, 0.05) is 13.6 Å². The number of methoxy groups -OCH3 is 1. The first kappa shape index (κ1) is 23.3. The van der Waals surface area contributed by atoms with E-state index in [9.17, 15) is 5.11 Å². The number of nitrogens with zero attached hydrogens (tertiary/aromatic N) is 4. The van der Waals surface area contributed by atoms with E-state index in [-0.39, 0.29) is 0 Å². The van der Waals surface area contributed by atoms with Crippen molar-refractivity contribution in [1.29, 1.82) is 0 Å². The summed E-state index contributed by atoms with van der Waals surface area (Å²) in [5.41, 5.74) is 0.994. The molecule has 2 aromatic carbocycles. The number of guanidine groups is 1. The third kappa shape index (κ3) is 6.31. The molecule has 0 aliphatic rings. The number of hydrogen-bond donors (Lipinski definition) is 3. The van der Waals surface area contributed by atoms with E-state index in [2.05, 4.69) is 25.8 Å². The van der Waals surface area contributed by atoms with Crippen LogP contribution >= 0.6 is 0 Å². The van der Waals surface area contributed by atoms with Crippen LogP contribution in [0.2, 0.25) is 0 Å². The monoisotopic (exact) mass is 436 g/mol. The molecule has 0 saturated heterocycles. The summed E-state index contributed by atoms with van der Waals surface area (Å²) in [4.78, 5) is 4.66. The summed E-state index contributed by atoms with van der Waals surface area (Å²) in [6.07, 6.45) is 0.822. The maximum Gasteiger partial charge on any atom is 0.191 e. The summed E-state index contributed by atoms with van der Waals surface area (Å²) in [5.74, 6) is 3.06. The van der Waals surface area contributed by atoms with Crippen LogP contribution in [0.3, 0.4) is 0 Å². The van der Waals surface area contributed by atoms with Gasteiger partial charge >= 0.3 is 0 Å². The first-order chi connectivity index (χ1) is 15.4. The average Bonchev–Trinajstić information content (AvgIpc) is 3.13. The fourth-order valence-electron chi connectivity index (χ4n) is 3.19. The SMILES string of the molecule is COc1ccc(CCNC(=NCc2nnc(C)n2C)NCC(C)(O)c2ccccc2)cc1. The summed E-state index contributed by atoms with van der Waals surface area (Å²) in [5, 5.41) is 25.8. The van der Waals surface area contributed by atoms with Crippen LogP contribution in [-0.4, -0.2) is 46.0 Å². The summed E-state index contributed by atoms with van der Waals surface area (Å²) in [7, 11) is 3.58. The Balaban J connectivity index is 1.65. The van der Waals surface area contributed by atoms with Crippen molar-refractivity contribution in [3.8, 4) is 5.75 Å². The number of hydrogen-bond acceptors (Lipinski definition) is 5. The van der Waals surface area contributed by atoms with Crippen LogP contribution in [0, 0.1) is 6.92 Å². The largest absolute Gasteiger partial charge is 0.497 e. The summed E-state index contributed by atoms with van der Waals surface area (Å²) in [6, 6.07) is 17.6. The zero-order valence-electron chi connectivity index (χ0n) is 19.2. The van der Waals surface area contributed by atoms with Crippen molar-refractivity contribution in [1.82, 2.24) is 25.4 Å². The van der Waals surface area contributed by atoms with Crippen LogP contribution in [0.1, 0.15) is 29.7 Å². The maximum atomic E-state index is 10.9. The van der Waals surface area contributed by atoms with Crippen LogP contribution in [0.15, 0.2) is 59.6 Å². The Bertz CT molecular complexity index is 1010. The molecule has 8 nitrogen and oxygen atoms in total. The van der Waals surface area contributed by atoms with Crippen LogP contribution in [-0.2, 0) is 25.6 Å². The van der Waals surface area contributed by atoms with Gasteiger partial charge in [0.2, 0.25) is 0 Å². The molecule has 1 aromatic heterocycles. The minimum atomic E-state index is -1.04. The second-order valence-electron chi connectivity index (χ2n) is 7.91. The molecular weight excluding hydrogens is 404 g/mol. The molecule has 8 heteroatoms. The first-order valence-corrected chi connectivity index (χ1v) is 10.7. The third-order valence-electron chi connectivity index (χ3n) is 5.42. The van der Waals surface area contributed by atoms with E-state index in [0.29, 0.717) is 25.6 Å². The van der Waals surface area contributed by atoms with Crippen molar-refractivity contribution >= 4 is 5.96 Å². The van der Waals surface area contributed by atoms with Crippen molar-refractivity contribution in [2.75, 3.05) is 20.2 Å². The quantitative estimate of drug-likeness (QED) is 0.352. The Morgan fingerprint density at radius 3 is 2.44 bits per heavy atom. The highest BCUT2D eigenvalue weighted by Crippen LogP contribution is 2.19. The number of rotatable bonds is 9. The predicted molar refractivity (Wildman–Crippen MR) is 126 cm³/mol. The van der Waals surface area contributed by atoms with E-state index >= 15 is 0 Å². The van der Waals surface area contributed by atoms with Gasteiger partial charge in [-0.05, 0) is 43.5 Å². The number of aliphatic imine (C=N–C) groups is 1. The lowest BCUT2D eigenvalue weighted by Gasteiger charge is -2.25. The highest BCUT2D eigenvalue weighted by molar-refractivity contribution is 5.79. The number of ether oxygens (including phenoxy) is 1. The Morgan fingerprint density at radius 1 is 1.09 bits per heavy atom. The fraction of sp³-hybridized carbons (Fsp3) is 0.375. The molecule has 32 heavy (non-hydrogen) atoms. The molecule has 0 aliphatic heterocycles. The minimum Gasteiger partial charge on any atom is -0.497 e. The van der Waals surface area contributed by atoms with Crippen LogP contribution < -0.4 is 15.4 Å². The zero-order chi connectivity index (χ0) is 23.0. The molecule has 1 heterocycles. The van der Waals surface area contributed by atoms with E-state index in [1.54, 1.807) is 14.0 Å². The summed E-state index contributed by atoms with van der Waals surface area (Å²) >= 11 is 0. The molecule has 0 radical (unpaired) electrons. The molecule has 0 aliphatic carbocycles. The second kappa shape index (κ2) is 10.8. The van der Waals surface area contributed by atoms with Gasteiger partial charge in [0.1, 0.15) is 23.7 Å². The Kier molecular flexibility index (Phi) is 7.83. The minimum absolute atomic E-state index is 0.309. The van der Waals surface area contributed by atoms with Crippen molar-refractivity contribution < 1.29 is 9.84 Å². The molecule has 3 aromatic rings. The third-order valence-corrected chi connectivity index (χ3v) is 5.42. The van der Waals surface area contributed by atoms with E-state index in [4.69, 9.17) is 4.74 Å². The standard InChI is InChI=1S/C24H32N6O2/c1-18-28-29-22(30(18)3)16-26-23(25-15-14-19-10-12-21(32-4)13-11-19)27-17-24(2,31)20-8-6-5-7-9-20/h5-13,31H,14-17H2,1-4H3,(H2,25,26,27). The lowest BCUT2D eigenvalue weighted by atomic mass is 9.96. The van der Waals surface area contributed by atoms with Crippen molar-refractivity contribution in [3.05, 3.63) is 77.4 Å². The van der Waals surface area contributed by atoms with Gasteiger partial charge in [0.05, 0.1) is 13.7 Å². The molecule has 3 rings (SSSR count).